The van der Waals surface area contributed by atoms with Crippen LogP contribution >= 0.6 is 0 Å². The van der Waals surface area contributed by atoms with Gasteiger partial charge in [0.25, 0.3) is 0 Å². The van der Waals surface area contributed by atoms with Gasteiger partial charge >= 0.3 is 13.2 Å². The minimum Gasteiger partial charge on any atom is -0.465 e. The standard InChI is InChI=1S/C24H33BN2O5/c1-16-19(15-24(13-7-8-14-24)27(6)21(28)29)20(30-26-16)17-9-11-18(12-10-17)25-31-22(2,3)23(4,5)32-25/h9-12H,7-8,13-15H2,1-6H3,(H,28,29). The Kier molecular flexibility index (Phi) is 5.66. The number of rotatable bonds is 5. The third-order valence-corrected chi connectivity index (χ3v) is 7.72. The van der Waals surface area contributed by atoms with Gasteiger partial charge in [0.2, 0.25) is 0 Å². The summed E-state index contributed by atoms with van der Waals surface area (Å²) >= 11 is 0. The molecule has 2 fully saturated rings. The van der Waals surface area contributed by atoms with Crippen LogP contribution in [0.4, 0.5) is 4.79 Å². The number of amides is 1. The van der Waals surface area contributed by atoms with Crippen molar-refractivity contribution in [3.05, 3.63) is 35.5 Å². The minimum absolute atomic E-state index is 0.392. The molecule has 1 amide bonds. The number of carbonyl (C=O) groups is 1. The fourth-order valence-corrected chi connectivity index (χ4v) is 4.79. The molecule has 7 nitrogen and oxygen atoms in total. The molecule has 1 aliphatic carbocycles. The molecule has 0 bridgehead atoms. The van der Waals surface area contributed by atoms with E-state index in [0.717, 1.165) is 48.0 Å². The highest BCUT2D eigenvalue weighted by atomic mass is 16.7. The number of benzene rings is 1. The van der Waals surface area contributed by atoms with Crippen LogP contribution in [0.15, 0.2) is 28.8 Å². The van der Waals surface area contributed by atoms with Gasteiger partial charge in [-0.25, -0.2) is 4.79 Å². The van der Waals surface area contributed by atoms with Gasteiger partial charge in [0.05, 0.1) is 22.4 Å². The molecule has 4 rings (SSSR count). The summed E-state index contributed by atoms with van der Waals surface area (Å²) in [4.78, 5) is 13.3. The molecule has 1 aromatic carbocycles. The number of nitrogens with zero attached hydrogens (tertiary/aromatic N) is 2. The van der Waals surface area contributed by atoms with Crippen molar-refractivity contribution >= 4 is 18.7 Å². The lowest BCUT2D eigenvalue weighted by atomic mass is 9.78. The van der Waals surface area contributed by atoms with Crippen molar-refractivity contribution in [2.45, 2.75) is 83.5 Å². The van der Waals surface area contributed by atoms with Crippen LogP contribution in [0.25, 0.3) is 11.3 Å². The maximum Gasteiger partial charge on any atom is 0.494 e. The summed E-state index contributed by atoms with van der Waals surface area (Å²) in [5.41, 5.74) is 2.44. The lowest BCUT2D eigenvalue weighted by Gasteiger charge is -2.37. The molecule has 1 saturated carbocycles. The second-order valence-corrected chi connectivity index (χ2v) is 10.2. The Morgan fingerprint density at radius 2 is 1.66 bits per heavy atom. The van der Waals surface area contributed by atoms with Crippen molar-refractivity contribution in [2.24, 2.45) is 0 Å². The molecule has 32 heavy (non-hydrogen) atoms. The summed E-state index contributed by atoms with van der Waals surface area (Å²) in [5.74, 6) is 0.702. The SMILES string of the molecule is Cc1noc(-c2ccc(B3OC(C)(C)C(C)(C)O3)cc2)c1CC1(N(C)C(=O)O)CCCC1. The molecule has 2 aliphatic rings. The Hall–Kier alpha value is -2.32. The van der Waals surface area contributed by atoms with E-state index in [1.807, 2.05) is 58.9 Å². The van der Waals surface area contributed by atoms with Crippen LogP contribution in [0.1, 0.15) is 64.6 Å². The Balaban J connectivity index is 1.60. The zero-order valence-electron chi connectivity index (χ0n) is 19.9. The largest absolute Gasteiger partial charge is 0.494 e. The van der Waals surface area contributed by atoms with E-state index in [4.69, 9.17) is 13.8 Å². The van der Waals surface area contributed by atoms with Gasteiger partial charge in [0, 0.05) is 24.6 Å². The van der Waals surface area contributed by atoms with E-state index in [0.29, 0.717) is 12.2 Å². The average molecular weight is 440 g/mol. The second-order valence-electron chi connectivity index (χ2n) is 10.2. The van der Waals surface area contributed by atoms with Gasteiger partial charge in [0.15, 0.2) is 5.76 Å². The zero-order valence-corrected chi connectivity index (χ0v) is 19.9. The zero-order chi connectivity index (χ0) is 23.3. The van der Waals surface area contributed by atoms with Gasteiger partial charge in [0.1, 0.15) is 0 Å². The lowest BCUT2D eigenvalue weighted by Crippen LogP contribution is -2.48. The van der Waals surface area contributed by atoms with Crippen LogP contribution in [0.2, 0.25) is 0 Å². The van der Waals surface area contributed by atoms with Gasteiger partial charge < -0.3 is 23.8 Å². The van der Waals surface area contributed by atoms with E-state index in [2.05, 4.69) is 5.16 Å². The third kappa shape index (κ3) is 3.84. The van der Waals surface area contributed by atoms with Crippen molar-refractivity contribution in [1.29, 1.82) is 0 Å². The number of likely N-dealkylation sites (N-methyl/N-ethyl adjacent to an activating group) is 1. The van der Waals surface area contributed by atoms with E-state index < -0.39 is 30.0 Å². The lowest BCUT2D eigenvalue weighted by molar-refractivity contribution is 0.00578. The predicted molar refractivity (Wildman–Crippen MR) is 123 cm³/mol. The van der Waals surface area contributed by atoms with Crippen LogP contribution in [0, 0.1) is 6.92 Å². The number of aromatic nitrogens is 1. The first kappa shape index (κ1) is 22.9. The summed E-state index contributed by atoms with van der Waals surface area (Å²) in [5, 5.41) is 13.9. The van der Waals surface area contributed by atoms with E-state index >= 15 is 0 Å². The Morgan fingerprint density at radius 3 is 2.19 bits per heavy atom. The molecule has 8 heteroatoms. The molecule has 1 saturated heterocycles. The van der Waals surface area contributed by atoms with Crippen LogP contribution in [0.3, 0.4) is 0 Å². The van der Waals surface area contributed by atoms with Crippen molar-refractivity contribution < 1.29 is 23.7 Å². The van der Waals surface area contributed by atoms with Crippen LogP contribution in [-0.4, -0.2) is 52.2 Å². The fourth-order valence-electron chi connectivity index (χ4n) is 4.79. The molecule has 2 aromatic rings. The molecular formula is C24H33BN2O5. The first-order valence-electron chi connectivity index (χ1n) is 11.3. The van der Waals surface area contributed by atoms with E-state index in [1.165, 1.54) is 4.90 Å². The Morgan fingerprint density at radius 1 is 1.09 bits per heavy atom. The smallest absolute Gasteiger partial charge is 0.465 e. The van der Waals surface area contributed by atoms with Crippen LogP contribution in [0.5, 0.6) is 0 Å². The maximum absolute atomic E-state index is 11.8. The van der Waals surface area contributed by atoms with Gasteiger partial charge in [-0.15, -0.1) is 0 Å². The fraction of sp³-hybridized carbons (Fsp3) is 0.583. The van der Waals surface area contributed by atoms with Crippen LogP contribution < -0.4 is 5.46 Å². The molecule has 0 atom stereocenters. The molecule has 0 unspecified atom stereocenters. The third-order valence-electron chi connectivity index (χ3n) is 7.72. The highest BCUT2D eigenvalue weighted by Crippen LogP contribution is 2.41. The van der Waals surface area contributed by atoms with Gasteiger partial charge in [-0.1, -0.05) is 42.3 Å². The summed E-state index contributed by atoms with van der Waals surface area (Å²) in [6.07, 6.45) is 3.45. The summed E-state index contributed by atoms with van der Waals surface area (Å²) in [6.45, 7) is 10.1. The molecule has 1 N–H and O–H groups in total. The molecule has 2 heterocycles. The van der Waals surface area contributed by atoms with Crippen molar-refractivity contribution in [2.75, 3.05) is 7.05 Å². The molecule has 172 valence electrons. The average Bonchev–Trinajstić information content (AvgIpc) is 3.40. The minimum atomic E-state index is -0.894. The molecule has 1 aromatic heterocycles. The molecule has 1 aliphatic heterocycles. The Labute approximate surface area is 190 Å². The van der Waals surface area contributed by atoms with E-state index in [1.54, 1.807) is 7.05 Å². The predicted octanol–water partition coefficient (Wildman–Crippen LogP) is 4.41. The maximum atomic E-state index is 11.8. The first-order chi connectivity index (χ1) is 15.0. The number of carboxylic acid groups (broad SMARTS) is 1. The van der Waals surface area contributed by atoms with Crippen molar-refractivity contribution in [3.63, 3.8) is 0 Å². The number of aryl methyl sites for hydroxylation is 1. The number of hydrogen-bond acceptors (Lipinski definition) is 5. The molecule has 0 spiro atoms. The van der Waals surface area contributed by atoms with E-state index in [9.17, 15) is 9.90 Å². The summed E-state index contributed by atoms with van der Waals surface area (Å²) < 4.78 is 18.0. The highest BCUT2D eigenvalue weighted by molar-refractivity contribution is 6.62. The monoisotopic (exact) mass is 440 g/mol. The number of hydrogen-bond donors (Lipinski definition) is 1. The summed E-state index contributed by atoms with van der Waals surface area (Å²) in [6, 6.07) is 7.97. The van der Waals surface area contributed by atoms with Gasteiger partial charge in [-0.05, 0) is 52.9 Å². The second kappa shape index (κ2) is 7.92. The molecule has 0 radical (unpaired) electrons. The van der Waals surface area contributed by atoms with Gasteiger partial charge in [-0.2, -0.15) is 0 Å². The van der Waals surface area contributed by atoms with E-state index in [-0.39, 0.29) is 0 Å². The summed E-state index contributed by atoms with van der Waals surface area (Å²) in [7, 11) is 1.26. The topological polar surface area (TPSA) is 85.0 Å². The molecular weight excluding hydrogens is 407 g/mol. The van der Waals surface area contributed by atoms with Crippen molar-refractivity contribution in [3.8, 4) is 11.3 Å². The normalized spacial score (nSPS) is 21.1. The van der Waals surface area contributed by atoms with Crippen molar-refractivity contribution in [1.82, 2.24) is 10.1 Å². The quantitative estimate of drug-likeness (QED) is 0.694. The highest BCUT2D eigenvalue weighted by Gasteiger charge is 2.51. The first-order valence-corrected chi connectivity index (χ1v) is 11.3. The van der Waals surface area contributed by atoms with Crippen LogP contribution in [-0.2, 0) is 15.7 Å². The Bertz CT molecular complexity index is 976. The van der Waals surface area contributed by atoms with Gasteiger partial charge in [-0.3, -0.25) is 0 Å².